The van der Waals surface area contributed by atoms with Gasteiger partial charge in [-0.15, -0.1) is 0 Å². The number of carbonyl (C=O) groups excluding carboxylic acids is 1. The van der Waals surface area contributed by atoms with Gasteiger partial charge in [0.15, 0.2) is 0 Å². The fourth-order valence-corrected chi connectivity index (χ4v) is 4.95. The summed E-state index contributed by atoms with van der Waals surface area (Å²) < 4.78 is 33.1. The standard InChI is InChI=1S/C13H24N2O5S/c1-2-20-13(17)12-6-4-8-15(12)21(18,19)14-7-3-5-11(9-14)10-16/h11-12,16H,2-10H2,1H3. The lowest BCUT2D eigenvalue weighted by Crippen LogP contribution is -2.51. The quantitative estimate of drug-likeness (QED) is 0.719. The number of ether oxygens (including phenoxy) is 1. The van der Waals surface area contributed by atoms with Crippen molar-refractivity contribution in [2.45, 2.75) is 38.6 Å². The van der Waals surface area contributed by atoms with Gasteiger partial charge in [0, 0.05) is 26.2 Å². The number of piperidine rings is 1. The minimum absolute atomic E-state index is 0.00662. The highest BCUT2D eigenvalue weighted by Crippen LogP contribution is 2.27. The number of aliphatic hydroxyl groups excluding tert-OH is 1. The van der Waals surface area contributed by atoms with Crippen LogP contribution in [0.5, 0.6) is 0 Å². The van der Waals surface area contributed by atoms with Gasteiger partial charge in [0.25, 0.3) is 10.2 Å². The number of rotatable bonds is 5. The van der Waals surface area contributed by atoms with Crippen LogP contribution < -0.4 is 0 Å². The molecule has 0 aromatic carbocycles. The first-order valence-electron chi connectivity index (χ1n) is 7.55. The van der Waals surface area contributed by atoms with E-state index in [4.69, 9.17) is 4.74 Å². The average Bonchev–Trinajstić information content (AvgIpc) is 2.98. The Hall–Kier alpha value is -0.700. The second kappa shape index (κ2) is 7.04. The van der Waals surface area contributed by atoms with E-state index in [-0.39, 0.29) is 19.1 Å². The molecule has 8 heteroatoms. The maximum Gasteiger partial charge on any atom is 0.324 e. The Morgan fingerprint density at radius 1 is 1.29 bits per heavy atom. The second-order valence-electron chi connectivity index (χ2n) is 5.58. The molecule has 2 unspecified atom stereocenters. The lowest BCUT2D eigenvalue weighted by molar-refractivity contribution is -0.146. The predicted octanol–water partition coefficient (Wildman–Crippen LogP) is -0.0370. The highest BCUT2D eigenvalue weighted by Gasteiger charge is 2.43. The van der Waals surface area contributed by atoms with Crippen molar-refractivity contribution in [3.05, 3.63) is 0 Å². The van der Waals surface area contributed by atoms with Crippen LogP contribution in [-0.2, 0) is 19.7 Å². The van der Waals surface area contributed by atoms with Crippen LogP contribution in [0.4, 0.5) is 0 Å². The van der Waals surface area contributed by atoms with Crippen LogP contribution in [0.25, 0.3) is 0 Å². The largest absolute Gasteiger partial charge is 0.465 e. The summed E-state index contributed by atoms with van der Waals surface area (Å²) in [6.07, 6.45) is 2.75. The molecule has 21 heavy (non-hydrogen) atoms. The Balaban J connectivity index is 2.12. The second-order valence-corrected chi connectivity index (χ2v) is 7.46. The molecular formula is C13H24N2O5S. The highest BCUT2D eigenvalue weighted by molar-refractivity contribution is 7.86. The van der Waals surface area contributed by atoms with Gasteiger partial charge in [0.05, 0.1) is 6.61 Å². The maximum atomic E-state index is 12.7. The first-order chi connectivity index (χ1) is 10.0. The summed E-state index contributed by atoms with van der Waals surface area (Å²) in [6, 6.07) is -0.704. The van der Waals surface area contributed by atoms with Crippen molar-refractivity contribution in [3.63, 3.8) is 0 Å². The summed E-state index contributed by atoms with van der Waals surface area (Å²) in [5.41, 5.74) is 0. The van der Waals surface area contributed by atoms with Crippen molar-refractivity contribution in [1.29, 1.82) is 0 Å². The van der Waals surface area contributed by atoms with E-state index in [0.717, 1.165) is 12.8 Å². The van der Waals surface area contributed by atoms with E-state index in [2.05, 4.69) is 0 Å². The molecule has 0 aliphatic carbocycles. The van der Waals surface area contributed by atoms with Crippen LogP contribution in [0.15, 0.2) is 0 Å². The molecule has 2 aliphatic heterocycles. The zero-order chi connectivity index (χ0) is 15.5. The fourth-order valence-electron chi connectivity index (χ4n) is 3.02. The lowest BCUT2D eigenvalue weighted by atomic mass is 10.0. The van der Waals surface area contributed by atoms with Crippen molar-refractivity contribution in [1.82, 2.24) is 8.61 Å². The minimum Gasteiger partial charge on any atom is -0.465 e. The van der Waals surface area contributed by atoms with Gasteiger partial charge in [-0.25, -0.2) is 0 Å². The van der Waals surface area contributed by atoms with Gasteiger partial charge in [0.2, 0.25) is 0 Å². The normalized spacial score (nSPS) is 28.7. The van der Waals surface area contributed by atoms with Crippen LogP contribution in [0.2, 0.25) is 0 Å². The van der Waals surface area contributed by atoms with Crippen molar-refractivity contribution in [3.8, 4) is 0 Å². The molecule has 2 rings (SSSR count). The van der Waals surface area contributed by atoms with E-state index >= 15 is 0 Å². The van der Waals surface area contributed by atoms with Crippen LogP contribution in [0.3, 0.4) is 0 Å². The molecular weight excluding hydrogens is 296 g/mol. The molecule has 0 aromatic rings. The van der Waals surface area contributed by atoms with E-state index in [1.807, 2.05) is 0 Å². The molecule has 0 bridgehead atoms. The van der Waals surface area contributed by atoms with E-state index in [9.17, 15) is 18.3 Å². The maximum absolute atomic E-state index is 12.7. The first-order valence-corrected chi connectivity index (χ1v) is 8.94. The predicted molar refractivity (Wildman–Crippen MR) is 76.7 cm³/mol. The SMILES string of the molecule is CCOC(=O)C1CCCN1S(=O)(=O)N1CCCC(CO)C1. The summed E-state index contributed by atoms with van der Waals surface area (Å²) in [5.74, 6) is -0.480. The van der Waals surface area contributed by atoms with Gasteiger partial charge in [0.1, 0.15) is 6.04 Å². The van der Waals surface area contributed by atoms with Crippen LogP contribution >= 0.6 is 0 Å². The summed E-state index contributed by atoms with van der Waals surface area (Å²) in [7, 11) is -3.66. The molecule has 0 amide bonds. The van der Waals surface area contributed by atoms with Crippen LogP contribution in [0.1, 0.15) is 32.6 Å². The zero-order valence-corrected chi connectivity index (χ0v) is 13.2. The summed E-state index contributed by atoms with van der Waals surface area (Å²) in [4.78, 5) is 11.9. The molecule has 122 valence electrons. The van der Waals surface area contributed by atoms with Crippen molar-refractivity contribution in [2.75, 3.05) is 32.8 Å². The number of esters is 1. The highest BCUT2D eigenvalue weighted by atomic mass is 32.2. The van der Waals surface area contributed by atoms with Crippen molar-refractivity contribution in [2.24, 2.45) is 5.92 Å². The third-order valence-corrected chi connectivity index (χ3v) is 6.14. The molecule has 2 saturated heterocycles. The van der Waals surface area contributed by atoms with Gasteiger partial charge in [-0.05, 0) is 38.5 Å². The molecule has 2 fully saturated rings. The van der Waals surface area contributed by atoms with Crippen LogP contribution in [0, 0.1) is 5.92 Å². The van der Waals surface area contributed by atoms with Crippen molar-refractivity contribution >= 4 is 16.2 Å². The fraction of sp³-hybridized carbons (Fsp3) is 0.923. The third kappa shape index (κ3) is 3.56. The van der Waals surface area contributed by atoms with Crippen LogP contribution in [-0.4, -0.2) is 67.0 Å². The summed E-state index contributed by atoms with van der Waals surface area (Å²) >= 11 is 0. The average molecular weight is 320 g/mol. The number of carbonyl (C=O) groups is 1. The summed E-state index contributed by atoms with van der Waals surface area (Å²) in [6.45, 7) is 3.08. The Kier molecular flexibility index (Phi) is 5.59. The Morgan fingerprint density at radius 2 is 2.00 bits per heavy atom. The van der Waals surface area contributed by atoms with E-state index in [0.29, 0.717) is 32.5 Å². The van der Waals surface area contributed by atoms with Gasteiger partial charge < -0.3 is 9.84 Å². The van der Waals surface area contributed by atoms with E-state index in [1.165, 1.54) is 8.61 Å². The number of nitrogens with zero attached hydrogens (tertiary/aromatic N) is 2. The molecule has 0 spiro atoms. The van der Waals surface area contributed by atoms with E-state index < -0.39 is 22.2 Å². The van der Waals surface area contributed by atoms with Gasteiger partial charge in [-0.2, -0.15) is 17.0 Å². The number of aliphatic hydroxyl groups is 1. The van der Waals surface area contributed by atoms with Gasteiger partial charge >= 0.3 is 5.97 Å². The topological polar surface area (TPSA) is 87.2 Å². The molecule has 1 N–H and O–H groups in total. The molecule has 2 heterocycles. The molecule has 2 aliphatic rings. The zero-order valence-electron chi connectivity index (χ0n) is 12.4. The van der Waals surface area contributed by atoms with Gasteiger partial charge in [-0.3, -0.25) is 4.79 Å². The molecule has 0 aromatic heterocycles. The third-order valence-electron chi connectivity index (χ3n) is 4.12. The minimum atomic E-state index is -3.66. The Labute approximate surface area is 126 Å². The number of hydrogen-bond donors (Lipinski definition) is 1. The molecule has 0 saturated carbocycles. The Morgan fingerprint density at radius 3 is 2.67 bits per heavy atom. The smallest absolute Gasteiger partial charge is 0.324 e. The van der Waals surface area contributed by atoms with E-state index in [1.54, 1.807) is 6.92 Å². The summed E-state index contributed by atoms with van der Waals surface area (Å²) in [5, 5.41) is 9.24. The van der Waals surface area contributed by atoms with Crippen molar-refractivity contribution < 1.29 is 23.1 Å². The molecule has 7 nitrogen and oxygen atoms in total. The molecule has 2 atom stereocenters. The van der Waals surface area contributed by atoms with Gasteiger partial charge in [-0.1, -0.05) is 0 Å². The monoisotopic (exact) mass is 320 g/mol. The lowest BCUT2D eigenvalue weighted by Gasteiger charge is -2.35. The Bertz CT molecular complexity index is 467. The number of hydrogen-bond acceptors (Lipinski definition) is 5. The first kappa shape index (κ1) is 16.7. The molecule has 0 radical (unpaired) electrons.